The van der Waals surface area contributed by atoms with Crippen LogP contribution < -0.4 is 5.32 Å². The van der Waals surface area contributed by atoms with E-state index in [1.807, 2.05) is 55.6 Å². The zero-order valence-corrected chi connectivity index (χ0v) is 12.3. The normalized spacial score (nSPS) is 17.5. The third kappa shape index (κ3) is 4.42. The number of allylic oxidation sites excluding steroid dienone is 3. The highest BCUT2D eigenvalue weighted by Gasteiger charge is 2.10. The smallest absolute Gasteiger partial charge is 0.241 e. The maximum atomic E-state index is 12.0. The maximum absolute atomic E-state index is 12.0. The van der Waals surface area contributed by atoms with Gasteiger partial charge >= 0.3 is 0 Å². The second-order valence-electron chi connectivity index (χ2n) is 4.86. The highest BCUT2D eigenvalue weighted by atomic mass is 35.5. The summed E-state index contributed by atoms with van der Waals surface area (Å²) in [4.78, 5) is 13.8. The van der Waals surface area contributed by atoms with Crippen LogP contribution in [-0.2, 0) is 11.3 Å². The Labute approximate surface area is 124 Å². The van der Waals surface area contributed by atoms with E-state index in [0.717, 1.165) is 17.7 Å². The summed E-state index contributed by atoms with van der Waals surface area (Å²) in [5, 5.41) is 3.20. The number of alkyl halides is 1. The van der Waals surface area contributed by atoms with Crippen molar-refractivity contribution in [3.8, 4) is 0 Å². The molecule has 0 radical (unpaired) electrons. The first kappa shape index (κ1) is 14.7. The Hall–Kier alpha value is -1.74. The van der Waals surface area contributed by atoms with E-state index in [2.05, 4.69) is 5.32 Å². The van der Waals surface area contributed by atoms with Gasteiger partial charge in [0.25, 0.3) is 0 Å². The number of benzene rings is 1. The first-order chi connectivity index (χ1) is 9.65. The Kier molecular flexibility index (Phi) is 5.24. The van der Waals surface area contributed by atoms with Crippen LogP contribution in [0, 0.1) is 0 Å². The molecule has 1 atom stereocenters. The quantitative estimate of drug-likeness (QED) is 0.846. The second-order valence-corrected chi connectivity index (χ2v) is 5.42. The van der Waals surface area contributed by atoms with Gasteiger partial charge in [0.1, 0.15) is 0 Å². The molecule has 0 saturated heterocycles. The largest absolute Gasteiger partial charge is 0.376 e. The molecule has 1 aromatic carbocycles. The molecule has 0 saturated carbocycles. The van der Waals surface area contributed by atoms with Crippen LogP contribution in [0.25, 0.3) is 0 Å². The van der Waals surface area contributed by atoms with Crippen LogP contribution in [0.3, 0.4) is 0 Å². The number of hydrogen-bond donors (Lipinski definition) is 1. The maximum Gasteiger partial charge on any atom is 0.241 e. The predicted molar refractivity (Wildman–Crippen MR) is 82.4 cm³/mol. The fourth-order valence-corrected chi connectivity index (χ4v) is 2.15. The SMILES string of the molecule is CN(Cc1ccccc1)C(=O)CNC1=CCC(Cl)C=C1. The van der Waals surface area contributed by atoms with Crippen LogP contribution in [0.15, 0.2) is 54.3 Å². The van der Waals surface area contributed by atoms with E-state index in [4.69, 9.17) is 11.6 Å². The molecule has 0 spiro atoms. The topological polar surface area (TPSA) is 32.3 Å². The Morgan fingerprint density at radius 2 is 2.15 bits per heavy atom. The minimum absolute atomic E-state index is 0.0659. The van der Waals surface area contributed by atoms with E-state index in [1.54, 1.807) is 4.90 Å². The molecular weight excluding hydrogens is 272 g/mol. The molecule has 1 amide bonds. The lowest BCUT2D eigenvalue weighted by Gasteiger charge is -2.19. The Bertz CT molecular complexity index is 510. The summed E-state index contributed by atoms with van der Waals surface area (Å²) >= 11 is 5.95. The molecule has 0 aromatic heterocycles. The van der Waals surface area contributed by atoms with Gasteiger partial charge in [-0.1, -0.05) is 42.5 Å². The van der Waals surface area contributed by atoms with Crippen molar-refractivity contribution in [2.45, 2.75) is 18.3 Å². The molecule has 1 N–H and O–H groups in total. The summed E-state index contributed by atoms with van der Waals surface area (Å²) in [7, 11) is 1.82. The van der Waals surface area contributed by atoms with Crippen molar-refractivity contribution >= 4 is 17.5 Å². The van der Waals surface area contributed by atoms with E-state index in [1.165, 1.54) is 0 Å². The van der Waals surface area contributed by atoms with Crippen molar-refractivity contribution in [3.63, 3.8) is 0 Å². The van der Waals surface area contributed by atoms with Crippen molar-refractivity contribution in [2.75, 3.05) is 13.6 Å². The molecule has 1 unspecified atom stereocenters. The summed E-state index contributed by atoms with van der Waals surface area (Å²) < 4.78 is 0. The fourth-order valence-electron chi connectivity index (χ4n) is 1.98. The van der Waals surface area contributed by atoms with Gasteiger partial charge in [0.2, 0.25) is 5.91 Å². The molecule has 4 heteroatoms. The first-order valence-electron chi connectivity index (χ1n) is 6.69. The Morgan fingerprint density at radius 3 is 2.80 bits per heavy atom. The summed E-state index contributed by atoms with van der Waals surface area (Å²) in [6, 6.07) is 9.96. The number of likely N-dealkylation sites (N-methyl/N-ethyl adjacent to an activating group) is 1. The highest BCUT2D eigenvalue weighted by Crippen LogP contribution is 2.13. The molecule has 1 aliphatic carbocycles. The monoisotopic (exact) mass is 290 g/mol. The van der Waals surface area contributed by atoms with Crippen molar-refractivity contribution in [1.82, 2.24) is 10.2 Å². The lowest BCUT2D eigenvalue weighted by atomic mass is 10.1. The predicted octanol–water partition coefficient (Wildman–Crippen LogP) is 2.69. The van der Waals surface area contributed by atoms with Crippen LogP contribution in [-0.4, -0.2) is 29.8 Å². The zero-order valence-electron chi connectivity index (χ0n) is 11.6. The molecule has 0 aliphatic heterocycles. The van der Waals surface area contributed by atoms with Crippen LogP contribution in [0.2, 0.25) is 0 Å². The van der Waals surface area contributed by atoms with Crippen LogP contribution >= 0.6 is 11.6 Å². The molecule has 1 aliphatic rings. The average molecular weight is 291 g/mol. The van der Waals surface area contributed by atoms with Crippen molar-refractivity contribution in [2.24, 2.45) is 0 Å². The first-order valence-corrected chi connectivity index (χ1v) is 7.13. The van der Waals surface area contributed by atoms with E-state index in [9.17, 15) is 4.79 Å². The van der Waals surface area contributed by atoms with E-state index < -0.39 is 0 Å². The number of carbonyl (C=O) groups is 1. The molecular formula is C16H19ClN2O. The number of amides is 1. The van der Waals surface area contributed by atoms with Gasteiger partial charge in [-0.25, -0.2) is 0 Å². The summed E-state index contributed by atoms with van der Waals surface area (Å²) in [6.07, 6.45) is 6.67. The third-order valence-electron chi connectivity index (χ3n) is 3.18. The van der Waals surface area contributed by atoms with Gasteiger partial charge in [-0.2, -0.15) is 0 Å². The molecule has 0 fully saturated rings. The average Bonchev–Trinajstić information content (AvgIpc) is 2.47. The number of nitrogens with zero attached hydrogens (tertiary/aromatic N) is 1. The van der Waals surface area contributed by atoms with E-state index in [0.29, 0.717) is 13.1 Å². The van der Waals surface area contributed by atoms with E-state index in [-0.39, 0.29) is 11.3 Å². The van der Waals surface area contributed by atoms with Crippen LogP contribution in [0.4, 0.5) is 0 Å². The number of nitrogens with one attached hydrogen (secondary N) is 1. The fraction of sp³-hybridized carbons (Fsp3) is 0.312. The minimum atomic E-state index is 0.0659. The summed E-state index contributed by atoms with van der Waals surface area (Å²) in [6.45, 7) is 0.923. The summed E-state index contributed by atoms with van der Waals surface area (Å²) in [5.74, 6) is 0.0659. The van der Waals surface area contributed by atoms with Gasteiger partial charge in [-0.3, -0.25) is 4.79 Å². The number of halogens is 1. The Morgan fingerprint density at radius 1 is 1.40 bits per heavy atom. The highest BCUT2D eigenvalue weighted by molar-refractivity contribution is 6.22. The lowest BCUT2D eigenvalue weighted by molar-refractivity contribution is -0.129. The molecule has 20 heavy (non-hydrogen) atoms. The molecule has 0 heterocycles. The van der Waals surface area contributed by atoms with Crippen molar-refractivity contribution in [1.29, 1.82) is 0 Å². The number of hydrogen-bond acceptors (Lipinski definition) is 2. The van der Waals surface area contributed by atoms with Crippen molar-refractivity contribution in [3.05, 3.63) is 59.8 Å². The van der Waals surface area contributed by atoms with Crippen molar-refractivity contribution < 1.29 is 4.79 Å². The second kappa shape index (κ2) is 7.15. The molecule has 0 bridgehead atoms. The summed E-state index contributed by atoms with van der Waals surface area (Å²) in [5.41, 5.74) is 2.09. The van der Waals surface area contributed by atoms with Gasteiger partial charge < -0.3 is 10.2 Å². The zero-order chi connectivity index (χ0) is 14.4. The Balaban J connectivity index is 1.79. The standard InChI is InChI=1S/C16H19ClN2O/c1-19(12-13-5-3-2-4-6-13)16(20)11-18-15-9-7-14(17)8-10-15/h2-7,9-10,14,18H,8,11-12H2,1H3. The van der Waals surface area contributed by atoms with Gasteiger partial charge in [-0.05, 0) is 18.1 Å². The van der Waals surface area contributed by atoms with Gasteiger partial charge in [0, 0.05) is 19.3 Å². The van der Waals surface area contributed by atoms with Gasteiger partial charge in [0.15, 0.2) is 0 Å². The number of rotatable bonds is 5. The van der Waals surface area contributed by atoms with Gasteiger partial charge in [-0.15, -0.1) is 11.6 Å². The van der Waals surface area contributed by atoms with E-state index >= 15 is 0 Å². The third-order valence-corrected chi connectivity index (χ3v) is 3.50. The molecule has 1 aromatic rings. The molecule has 3 nitrogen and oxygen atoms in total. The molecule has 2 rings (SSSR count). The van der Waals surface area contributed by atoms with Crippen LogP contribution in [0.5, 0.6) is 0 Å². The van der Waals surface area contributed by atoms with Crippen LogP contribution in [0.1, 0.15) is 12.0 Å². The van der Waals surface area contributed by atoms with Gasteiger partial charge in [0.05, 0.1) is 11.9 Å². The number of carbonyl (C=O) groups excluding carboxylic acids is 1. The lowest BCUT2D eigenvalue weighted by Crippen LogP contribution is -2.34. The molecule has 106 valence electrons. The minimum Gasteiger partial charge on any atom is -0.376 e.